The Kier molecular flexibility index (Phi) is 5.42. The molecule has 2 unspecified atom stereocenters. The van der Waals surface area contributed by atoms with E-state index in [1.54, 1.807) is 24.2 Å². The number of anilines is 1. The molecule has 0 spiro atoms. The smallest absolute Gasteiger partial charge is 0.255 e. The third-order valence-corrected chi connectivity index (χ3v) is 4.07. The van der Waals surface area contributed by atoms with Crippen molar-refractivity contribution in [2.24, 2.45) is 0 Å². The van der Waals surface area contributed by atoms with Crippen molar-refractivity contribution >= 4 is 23.3 Å². The van der Waals surface area contributed by atoms with E-state index in [0.717, 1.165) is 19.4 Å². The summed E-state index contributed by atoms with van der Waals surface area (Å²) in [5.41, 5.74) is 0.503. The fraction of sp³-hybridized carbons (Fsp3) is 0.600. The first-order valence-electron chi connectivity index (χ1n) is 7.32. The van der Waals surface area contributed by atoms with Crippen molar-refractivity contribution in [1.82, 2.24) is 9.88 Å². The Morgan fingerprint density at radius 2 is 2.38 bits per heavy atom. The van der Waals surface area contributed by atoms with Crippen LogP contribution in [0.25, 0.3) is 0 Å². The minimum Gasteiger partial charge on any atom is -0.376 e. The van der Waals surface area contributed by atoms with Gasteiger partial charge in [-0.05, 0) is 25.8 Å². The number of ether oxygens (including phenoxy) is 1. The molecular formula is C15H22ClN3O2. The zero-order valence-corrected chi connectivity index (χ0v) is 13.5. The number of carbonyl (C=O) groups excluding carboxylic acids is 1. The zero-order chi connectivity index (χ0) is 15.4. The highest BCUT2D eigenvalue weighted by Gasteiger charge is 2.31. The fourth-order valence-electron chi connectivity index (χ4n) is 2.51. The summed E-state index contributed by atoms with van der Waals surface area (Å²) in [5, 5.41) is 3.60. The second-order valence-electron chi connectivity index (χ2n) is 5.33. The van der Waals surface area contributed by atoms with E-state index in [1.807, 2.05) is 6.92 Å². The molecular weight excluding hydrogens is 290 g/mol. The molecule has 0 aromatic carbocycles. The lowest BCUT2D eigenvalue weighted by molar-refractivity contribution is 0.0574. The maximum Gasteiger partial charge on any atom is 0.255 e. The fourth-order valence-corrected chi connectivity index (χ4v) is 2.74. The van der Waals surface area contributed by atoms with Crippen molar-refractivity contribution in [3.63, 3.8) is 0 Å². The molecule has 2 heterocycles. The van der Waals surface area contributed by atoms with Gasteiger partial charge < -0.3 is 15.0 Å². The molecule has 21 heavy (non-hydrogen) atoms. The van der Waals surface area contributed by atoms with Crippen LogP contribution in [-0.4, -0.2) is 48.1 Å². The number of hydrogen-bond acceptors (Lipinski definition) is 4. The first kappa shape index (κ1) is 16.0. The summed E-state index contributed by atoms with van der Waals surface area (Å²) in [7, 11) is 1.80. The van der Waals surface area contributed by atoms with Crippen LogP contribution in [0.1, 0.15) is 37.0 Å². The summed E-state index contributed by atoms with van der Waals surface area (Å²) in [6, 6.07) is 1.78. The Morgan fingerprint density at radius 3 is 2.95 bits per heavy atom. The Bertz CT molecular complexity index is 510. The average Bonchev–Trinajstić information content (AvgIpc) is 2.90. The Balaban J connectivity index is 2.10. The van der Waals surface area contributed by atoms with Gasteiger partial charge in [0, 0.05) is 26.4 Å². The average molecular weight is 312 g/mol. The third-order valence-electron chi connectivity index (χ3n) is 3.78. The molecule has 0 aliphatic carbocycles. The largest absolute Gasteiger partial charge is 0.376 e. The summed E-state index contributed by atoms with van der Waals surface area (Å²) in [6.07, 6.45) is 3.48. The molecule has 1 amide bonds. The van der Waals surface area contributed by atoms with Crippen molar-refractivity contribution < 1.29 is 9.53 Å². The Morgan fingerprint density at radius 1 is 1.62 bits per heavy atom. The minimum atomic E-state index is -0.0752. The lowest BCUT2D eigenvalue weighted by Crippen LogP contribution is -2.41. The number of carbonyl (C=O) groups is 1. The first-order valence-corrected chi connectivity index (χ1v) is 7.70. The van der Waals surface area contributed by atoms with E-state index >= 15 is 0 Å². The molecule has 1 aromatic heterocycles. The Labute approximate surface area is 130 Å². The molecule has 2 atom stereocenters. The lowest BCUT2D eigenvalue weighted by Gasteiger charge is -2.26. The molecule has 1 N–H and O–H groups in total. The molecule has 1 aromatic rings. The van der Waals surface area contributed by atoms with Crippen LogP contribution in [0.3, 0.4) is 0 Å². The van der Waals surface area contributed by atoms with Gasteiger partial charge in [0.2, 0.25) is 0 Å². The van der Waals surface area contributed by atoms with Crippen LogP contribution < -0.4 is 5.32 Å². The van der Waals surface area contributed by atoms with Crippen molar-refractivity contribution in [3.05, 3.63) is 22.8 Å². The molecule has 6 heteroatoms. The maximum absolute atomic E-state index is 12.5. The van der Waals surface area contributed by atoms with E-state index in [0.29, 0.717) is 23.0 Å². The van der Waals surface area contributed by atoms with Gasteiger partial charge in [0.1, 0.15) is 5.82 Å². The van der Waals surface area contributed by atoms with E-state index in [1.165, 1.54) is 0 Å². The number of likely N-dealkylation sites (N-methyl/N-ethyl adjacent to an activating group) is 1. The second-order valence-corrected chi connectivity index (χ2v) is 5.74. The van der Waals surface area contributed by atoms with Crippen LogP contribution in [0, 0.1) is 0 Å². The van der Waals surface area contributed by atoms with Gasteiger partial charge in [-0.15, -0.1) is 0 Å². The predicted octanol–water partition coefficient (Wildman–Crippen LogP) is 2.81. The highest BCUT2D eigenvalue weighted by atomic mass is 35.5. The van der Waals surface area contributed by atoms with Crippen LogP contribution in [-0.2, 0) is 4.74 Å². The van der Waals surface area contributed by atoms with E-state index in [9.17, 15) is 4.79 Å². The predicted molar refractivity (Wildman–Crippen MR) is 83.9 cm³/mol. The third kappa shape index (κ3) is 3.66. The molecule has 1 saturated heterocycles. The van der Waals surface area contributed by atoms with Gasteiger partial charge in [0.15, 0.2) is 0 Å². The highest BCUT2D eigenvalue weighted by Crippen LogP contribution is 2.23. The second kappa shape index (κ2) is 7.09. The molecule has 0 saturated carbocycles. The van der Waals surface area contributed by atoms with Crippen LogP contribution in [0.4, 0.5) is 5.82 Å². The van der Waals surface area contributed by atoms with Gasteiger partial charge in [-0.1, -0.05) is 18.5 Å². The SMILES string of the molecule is CCCNc1ncc(C(=O)N(C)C2CCOC2C)cc1Cl. The molecule has 1 aliphatic rings. The van der Waals surface area contributed by atoms with E-state index in [2.05, 4.69) is 17.2 Å². The van der Waals surface area contributed by atoms with Crippen LogP contribution in [0.2, 0.25) is 5.02 Å². The summed E-state index contributed by atoms with van der Waals surface area (Å²) < 4.78 is 5.51. The number of amides is 1. The Hall–Kier alpha value is -1.33. The van der Waals surface area contributed by atoms with Gasteiger partial charge in [0.05, 0.1) is 22.7 Å². The van der Waals surface area contributed by atoms with Crippen molar-refractivity contribution in [2.45, 2.75) is 38.8 Å². The van der Waals surface area contributed by atoms with Gasteiger partial charge in [-0.3, -0.25) is 4.79 Å². The summed E-state index contributed by atoms with van der Waals surface area (Å²) in [6.45, 7) is 5.56. The van der Waals surface area contributed by atoms with Crippen LogP contribution >= 0.6 is 11.6 Å². The van der Waals surface area contributed by atoms with Gasteiger partial charge >= 0.3 is 0 Å². The first-order chi connectivity index (χ1) is 10.0. The van der Waals surface area contributed by atoms with E-state index in [4.69, 9.17) is 16.3 Å². The van der Waals surface area contributed by atoms with Crippen molar-refractivity contribution in [1.29, 1.82) is 0 Å². The number of pyridine rings is 1. The zero-order valence-electron chi connectivity index (χ0n) is 12.7. The van der Waals surface area contributed by atoms with Crippen molar-refractivity contribution in [2.75, 3.05) is 25.5 Å². The molecule has 0 bridgehead atoms. The maximum atomic E-state index is 12.5. The quantitative estimate of drug-likeness (QED) is 0.908. The van der Waals surface area contributed by atoms with Gasteiger partial charge in [0.25, 0.3) is 5.91 Å². The van der Waals surface area contributed by atoms with E-state index in [-0.39, 0.29) is 18.1 Å². The lowest BCUT2D eigenvalue weighted by atomic mass is 10.1. The minimum absolute atomic E-state index is 0.0628. The number of aromatic nitrogens is 1. The topological polar surface area (TPSA) is 54.5 Å². The molecule has 0 radical (unpaired) electrons. The monoisotopic (exact) mass is 311 g/mol. The van der Waals surface area contributed by atoms with E-state index < -0.39 is 0 Å². The molecule has 116 valence electrons. The number of halogens is 1. The van der Waals surface area contributed by atoms with Crippen molar-refractivity contribution in [3.8, 4) is 0 Å². The van der Waals surface area contributed by atoms with Gasteiger partial charge in [-0.2, -0.15) is 0 Å². The molecule has 5 nitrogen and oxygen atoms in total. The number of nitrogens with zero attached hydrogens (tertiary/aromatic N) is 2. The summed E-state index contributed by atoms with van der Waals surface area (Å²) in [4.78, 5) is 18.5. The molecule has 1 fully saturated rings. The molecule has 1 aliphatic heterocycles. The van der Waals surface area contributed by atoms with Crippen LogP contribution in [0.15, 0.2) is 12.3 Å². The van der Waals surface area contributed by atoms with Crippen LogP contribution in [0.5, 0.6) is 0 Å². The number of nitrogens with one attached hydrogen (secondary N) is 1. The summed E-state index contributed by atoms with van der Waals surface area (Å²) in [5.74, 6) is 0.545. The number of hydrogen-bond donors (Lipinski definition) is 1. The summed E-state index contributed by atoms with van der Waals surface area (Å²) >= 11 is 6.18. The normalized spacial score (nSPS) is 21.3. The van der Waals surface area contributed by atoms with Gasteiger partial charge in [-0.25, -0.2) is 4.98 Å². The number of rotatable bonds is 5. The molecule has 2 rings (SSSR count). The highest BCUT2D eigenvalue weighted by molar-refractivity contribution is 6.33. The standard InChI is InChI=1S/C15H22ClN3O2/c1-4-6-17-14-12(16)8-11(9-18-14)15(20)19(3)13-5-7-21-10(13)2/h8-10,13H,4-7H2,1-3H3,(H,17,18).